The van der Waals surface area contributed by atoms with Crippen LogP contribution in [0.3, 0.4) is 0 Å². The van der Waals surface area contributed by atoms with Crippen LogP contribution in [0.5, 0.6) is 11.5 Å². The molecule has 1 unspecified atom stereocenters. The molecule has 1 aromatic carbocycles. The molecule has 0 aromatic heterocycles. The Labute approximate surface area is 75.4 Å². The lowest BCUT2D eigenvalue weighted by Gasteiger charge is -2.10. The number of benzene rings is 1. The third-order valence-corrected chi connectivity index (χ3v) is 1.45. The van der Waals surface area contributed by atoms with Gasteiger partial charge in [-0.2, -0.15) is 0 Å². The fraction of sp³-hybridized carbons (Fsp3) is 0.222. The Balaban J connectivity index is 3.01. The van der Waals surface area contributed by atoms with Gasteiger partial charge in [0, 0.05) is 0 Å². The van der Waals surface area contributed by atoms with Gasteiger partial charge in [0.05, 0.1) is 5.56 Å². The predicted octanol–water partition coefficient (Wildman–Crippen LogP) is 0.922. The fourth-order valence-electron chi connectivity index (χ4n) is 0.913. The molecule has 0 saturated heterocycles. The van der Waals surface area contributed by atoms with Gasteiger partial charge >= 0.3 is 0 Å². The molecule has 0 fully saturated rings. The minimum atomic E-state index is -1.02. The van der Waals surface area contributed by atoms with E-state index < -0.39 is 6.29 Å². The first kappa shape index (κ1) is 9.54. The van der Waals surface area contributed by atoms with E-state index in [1.807, 2.05) is 0 Å². The molecule has 70 valence electrons. The van der Waals surface area contributed by atoms with E-state index in [1.54, 1.807) is 6.07 Å². The first-order valence-corrected chi connectivity index (χ1v) is 3.77. The molecule has 0 amide bonds. The van der Waals surface area contributed by atoms with Crippen LogP contribution < -0.4 is 4.74 Å². The van der Waals surface area contributed by atoms with Crippen molar-refractivity contribution < 1.29 is 19.7 Å². The minimum absolute atomic E-state index is 0.0969. The molecule has 0 aliphatic rings. The number of ether oxygens (including phenoxy) is 1. The molecule has 0 spiro atoms. The Morgan fingerprint density at radius 2 is 2.23 bits per heavy atom. The topological polar surface area (TPSA) is 66.8 Å². The summed E-state index contributed by atoms with van der Waals surface area (Å²) in [6, 6.07) is 4.48. The summed E-state index contributed by atoms with van der Waals surface area (Å²) in [7, 11) is 0. The highest BCUT2D eigenvalue weighted by Gasteiger charge is 2.08. The molecular formula is C9H10O4. The number of aliphatic hydroxyl groups excluding tert-OH is 1. The van der Waals surface area contributed by atoms with Gasteiger partial charge in [0.2, 0.25) is 0 Å². The summed E-state index contributed by atoms with van der Waals surface area (Å²) >= 11 is 0. The van der Waals surface area contributed by atoms with Crippen molar-refractivity contribution in [1.29, 1.82) is 0 Å². The lowest BCUT2D eigenvalue weighted by molar-refractivity contribution is -0.00214. The monoisotopic (exact) mass is 182 g/mol. The third kappa shape index (κ3) is 2.19. The number of hydrogen-bond donors (Lipinski definition) is 2. The molecule has 0 bridgehead atoms. The number of phenolic OH excluding ortho intramolecular Hbond substituents is 1. The molecule has 0 saturated carbocycles. The summed E-state index contributed by atoms with van der Waals surface area (Å²) in [5.74, 6) is -0.155. The number of carbonyl (C=O) groups excluding carboxylic acids is 1. The molecule has 4 heteroatoms. The van der Waals surface area contributed by atoms with Crippen molar-refractivity contribution in [2.24, 2.45) is 0 Å². The zero-order valence-electron chi connectivity index (χ0n) is 7.10. The van der Waals surface area contributed by atoms with Crippen molar-refractivity contribution in [2.75, 3.05) is 0 Å². The van der Waals surface area contributed by atoms with Crippen LogP contribution in [-0.2, 0) is 0 Å². The standard InChI is InChI=1S/C9H10O4/c1-6(11)13-8-4-2-3-7(5-10)9(8)12/h2-6,11-12H,1H3. The molecule has 4 nitrogen and oxygen atoms in total. The first-order valence-electron chi connectivity index (χ1n) is 3.77. The van der Waals surface area contributed by atoms with Crippen molar-refractivity contribution >= 4 is 6.29 Å². The van der Waals surface area contributed by atoms with E-state index in [0.29, 0.717) is 6.29 Å². The maximum Gasteiger partial charge on any atom is 0.194 e. The number of rotatable bonds is 3. The number of phenols is 1. The van der Waals surface area contributed by atoms with E-state index in [-0.39, 0.29) is 17.1 Å². The van der Waals surface area contributed by atoms with Crippen LogP contribution in [0.1, 0.15) is 17.3 Å². The largest absolute Gasteiger partial charge is 0.504 e. The molecule has 1 rings (SSSR count). The van der Waals surface area contributed by atoms with Gasteiger partial charge in [-0.05, 0) is 19.1 Å². The van der Waals surface area contributed by atoms with Gasteiger partial charge < -0.3 is 14.9 Å². The Kier molecular flexibility index (Phi) is 2.87. The van der Waals surface area contributed by atoms with Crippen LogP contribution in [0.2, 0.25) is 0 Å². The predicted molar refractivity (Wildman–Crippen MR) is 45.8 cm³/mol. The summed E-state index contributed by atoms with van der Waals surface area (Å²) in [6.07, 6.45) is -0.502. The molecule has 1 aromatic rings. The highest BCUT2D eigenvalue weighted by atomic mass is 16.6. The minimum Gasteiger partial charge on any atom is -0.504 e. The molecule has 1 atom stereocenters. The van der Waals surface area contributed by atoms with E-state index in [2.05, 4.69) is 0 Å². The van der Waals surface area contributed by atoms with Crippen LogP contribution >= 0.6 is 0 Å². The van der Waals surface area contributed by atoms with Gasteiger partial charge in [0.15, 0.2) is 24.1 Å². The molecule has 0 aliphatic heterocycles. The summed E-state index contributed by atoms with van der Waals surface area (Å²) in [4.78, 5) is 10.4. The van der Waals surface area contributed by atoms with E-state index in [4.69, 9.17) is 9.84 Å². The Hall–Kier alpha value is -1.55. The second kappa shape index (κ2) is 3.91. The summed E-state index contributed by atoms with van der Waals surface area (Å²) in [6.45, 7) is 1.41. The smallest absolute Gasteiger partial charge is 0.194 e. The van der Waals surface area contributed by atoms with E-state index in [1.165, 1.54) is 19.1 Å². The average Bonchev–Trinajstić information content (AvgIpc) is 2.08. The van der Waals surface area contributed by atoms with Gasteiger partial charge in [-0.15, -0.1) is 0 Å². The van der Waals surface area contributed by atoms with Gasteiger partial charge in [-0.3, -0.25) is 4.79 Å². The molecule has 0 radical (unpaired) electrons. The van der Waals surface area contributed by atoms with Crippen molar-refractivity contribution in [3.63, 3.8) is 0 Å². The highest BCUT2D eigenvalue weighted by molar-refractivity contribution is 5.80. The van der Waals surface area contributed by atoms with Gasteiger partial charge in [-0.25, -0.2) is 0 Å². The lowest BCUT2D eigenvalue weighted by atomic mass is 10.2. The Morgan fingerprint density at radius 1 is 1.54 bits per heavy atom. The maximum absolute atomic E-state index is 10.4. The summed E-state index contributed by atoms with van der Waals surface area (Å²) in [5, 5.41) is 18.2. The molecule has 13 heavy (non-hydrogen) atoms. The Bertz CT molecular complexity index is 306. The molecule has 0 aliphatic carbocycles. The number of para-hydroxylation sites is 1. The maximum atomic E-state index is 10.4. The molecule has 0 heterocycles. The van der Waals surface area contributed by atoms with Crippen LogP contribution in [-0.4, -0.2) is 22.8 Å². The first-order chi connectivity index (χ1) is 6.15. The van der Waals surface area contributed by atoms with Crippen molar-refractivity contribution in [1.82, 2.24) is 0 Å². The van der Waals surface area contributed by atoms with Crippen molar-refractivity contribution in [3.8, 4) is 11.5 Å². The van der Waals surface area contributed by atoms with Crippen molar-refractivity contribution in [2.45, 2.75) is 13.2 Å². The zero-order chi connectivity index (χ0) is 9.84. The van der Waals surface area contributed by atoms with Crippen LogP contribution in [0.15, 0.2) is 18.2 Å². The summed E-state index contributed by atoms with van der Waals surface area (Å²) < 4.78 is 4.83. The zero-order valence-corrected chi connectivity index (χ0v) is 7.10. The Morgan fingerprint density at radius 3 is 2.77 bits per heavy atom. The number of aromatic hydroxyl groups is 1. The number of aliphatic hydroxyl groups is 1. The van der Waals surface area contributed by atoms with Crippen LogP contribution in [0, 0.1) is 0 Å². The van der Waals surface area contributed by atoms with Gasteiger partial charge in [0.25, 0.3) is 0 Å². The third-order valence-electron chi connectivity index (χ3n) is 1.45. The second-order valence-electron chi connectivity index (χ2n) is 2.53. The molecular weight excluding hydrogens is 172 g/mol. The SMILES string of the molecule is CC(O)Oc1cccc(C=O)c1O. The number of carbonyl (C=O) groups is 1. The lowest BCUT2D eigenvalue weighted by Crippen LogP contribution is -2.09. The van der Waals surface area contributed by atoms with Crippen LogP contribution in [0.25, 0.3) is 0 Å². The highest BCUT2D eigenvalue weighted by Crippen LogP contribution is 2.28. The number of hydrogen-bond acceptors (Lipinski definition) is 4. The second-order valence-corrected chi connectivity index (χ2v) is 2.53. The summed E-state index contributed by atoms with van der Waals surface area (Å²) in [5.41, 5.74) is 0.137. The van der Waals surface area contributed by atoms with E-state index in [9.17, 15) is 9.90 Å². The normalized spacial score (nSPS) is 12.2. The van der Waals surface area contributed by atoms with Crippen LogP contribution in [0.4, 0.5) is 0 Å². The number of aldehydes is 1. The molecule has 2 N–H and O–H groups in total. The van der Waals surface area contributed by atoms with Gasteiger partial charge in [0.1, 0.15) is 0 Å². The quantitative estimate of drug-likeness (QED) is 0.539. The van der Waals surface area contributed by atoms with E-state index >= 15 is 0 Å². The fourth-order valence-corrected chi connectivity index (χ4v) is 0.913. The van der Waals surface area contributed by atoms with Crippen molar-refractivity contribution in [3.05, 3.63) is 23.8 Å². The average molecular weight is 182 g/mol. The van der Waals surface area contributed by atoms with E-state index in [0.717, 1.165) is 0 Å². The van der Waals surface area contributed by atoms with Gasteiger partial charge in [-0.1, -0.05) is 6.07 Å².